The van der Waals surface area contributed by atoms with E-state index in [9.17, 15) is 8.42 Å². The highest BCUT2D eigenvalue weighted by Gasteiger charge is 2.40. The van der Waals surface area contributed by atoms with Gasteiger partial charge in [0.05, 0.1) is 24.1 Å². The van der Waals surface area contributed by atoms with Crippen LogP contribution >= 0.6 is 0 Å². The van der Waals surface area contributed by atoms with Crippen LogP contribution in [0.3, 0.4) is 0 Å². The van der Waals surface area contributed by atoms with E-state index < -0.39 is 16.1 Å². The summed E-state index contributed by atoms with van der Waals surface area (Å²) in [6.45, 7) is 1.94. The van der Waals surface area contributed by atoms with Gasteiger partial charge in [0.2, 0.25) is 10.0 Å². The zero-order chi connectivity index (χ0) is 20.4. The first kappa shape index (κ1) is 19.4. The van der Waals surface area contributed by atoms with Gasteiger partial charge in [0.15, 0.2) is 0 Å². The lowest BCUT2D eigenvalue weighted by molar-refractivity contribution is 0.348. The van der Waals surface area contributed by atoms with Crippen LogP contribution in [-0.4, -0.2) is 19.8 Å². The van der Waals surface area contributed by atoms with Gasteiger partial charge < -0.3 is 4.74 Å². The normalized spacial score (nSPS) is 19.4. The highest BCUT2D eigenvalue weighted by atomic mass is 32.2. The van der Waals surface area contributed by atoms with Crippen molar-refractivity contribution in [3.8, 4) is 5.75 Å². The van der Waals surface area contributed by atoms with Crippen molar-refractivity contribution in [2.75, 3.05) is 7.11 Å². The fraction of sp³-hybridized carbons (Fsp3) is 0.167. The molecule has 0 radical (unpaired) electrons. The fourth-order valence-corrected chi connectivity index (χ4v) is 5.38. The minimum Gasteiger partial charge on any atom is -0.497 e. The van der Waals surface area contributed by atoms with E-state index in [0.29, 0.717) is 10.6 Å². The van der Waals surface area contributed by atoms with E-state index in [0.717, 1.165) is 16.7 Å². The number of ether oxygens (including phenoxy) is 1. The lowest BCUT2D eigenvalue weighted by Crippen LogP contribution is -2.33. The first-order valence-corrected chi connectivity index (χ1v) is 10.9. The molecule has 0 fully saturated rings. The van der Waals surface area contributed by atoms with Crippen LogP contribution < -0.4 is 4.74 Å². The molecule has 1 aliphatic rings. The minimum atomic E-state index is -3.74. The molecule has 0 saturated carbocycles. The van der Waals surface area contributed by atoms with Gasteiger partial charge in [-0.15, -0.1) is 0 Å². The highest BCUT2D eigenvalue weighted by Crippen LogP contribution is 2.43. The molecule has 0 aliphatic carbocycles. The van der Waals surface area contributed by atoms with Crippen LogP contribution in [0.5, 0.6) is 5.75 Å². The topological polar surface area (TPSA) is 46.6 Å². The Balaban J connectivity index is 1.83. The smallest absolute Gasteiger partial charge is 0.244 e. The fourth-order valence-electron chi connectivity index (χ4n) is 3.68. The SMILES string of the molecule is COc1cccc([C@@H]2C=C[C@H](c3ccccc3)N2S(=O)(=O)c2ccc(C)cc2)c1. The van der Waals surface area contributed by atoms with Gasteiger partial charge in [-0.05, 0) is 42.3 Å². The zero-order valence-corrected chi connectivity index (χ0v) is 17.2. The van der Waals surface area contributed by atoms with Gasteiger partial charge >= 0.3 is 0 Å². The molecular weight excluding hydrogens is 382 g/mol. The number of sulfonamides is 1. The van der Waals surface area contributed by atoms with Gasteiger partial charge in [-0.2, -0.15) is 4.31 Å². The number of nitrogens with zero attached hydrogens (tertiary/aromatic N) is 1. The van der Waals surface area contributed by atoms with Crippen LogP contribution in [0.15, 0.2) is 95.9 Å². The molecule has 2 atom stereocenters. The Morgan fingerprint density at radius 3 is 2.07 bits per heavy atom. The first-order chi connectivity index (χ1) is 14.0. The summed E-state index contributed by atoms with van der Waals surface area (Å²) in [4.78, 5) is 0.292. The van der Waals surface area contributed by atoms with Crippen molar-refractivity contribution in [3.63, 3.8) is 0 Å². The van der Waals surface area contributed by atoms with E-state index in [-0.39, 0.29) is 6.04 Å². The van der Waals surface area contributed by atoms with Gasteiger partial charge in [0, 0.05) is 0 Å². The lowest BCUT2D eigenvalue weighted by atomic mass is 10.1. The Morgan fingerprint density at radius 1 is 0.793 bits per heavy atom. The van der Waals surface area contributed by atoms with Gasteiger partial charge in [0.25, 0.3) is 0 Å². The van der Waals surface area contributed by atoms with Crippen LogP contribution in [-0.2, 0) is 10.0 Å². The van der Waals surface area contributed by atoms with Crippen LogP contribution in [0.25, 0.3) is 0 Å². The summed E-state index contributed by atoms with van der Waals surface area (Å²) in [5.41, 5.74) is 2.83. The molecule has 0 unspecified atom stereocenters. The Kier molecular flexibility index (Phi) is 5.26. The summed E-state index contributed by atoms with van der Waals surface area (Å²) in [6.07, 6.45) is 3.92. The van der Waals surface area contributed by atoms with Crippen molar-refractivity contribution < 1.29 is 13.2 Å². The predicted octanol–water partition coefficient (Wildman–Crippen LogP) is 5.05. The minimum absolute atomic E-state index is 0.292. The molecule has 148 valence electrons. The van der Waals surface area contributed by atoms with E-state index in [2.05, 4.69) is 0 Å². The average molecular weight is 406 g/mol. The van der Waals surface area contributed by atoms with E-state index in [1.807, 2.05) is 85.8 Å². The maximum Gasteiger partial charge on any atom is 0.244 e. The summed E-state index contributed by atoms with van der Waals surface area (Å²) in [7, 11) is -2.13. The van der Waals surface area contributed by atoms with Crippen LogP contribution in [0.4, 0.5) is 0 Å². The van der Waals surface area contributed by atoms with Gasteiger partial charge in [-0.25, -0.2) is 8.42 Å². The average Bonchev–Trinajstić information content (AvgIpc) is 3.21. The van der Waals surface area contributed by atoms with E-state index >= 15 is 0 Å². The third-order valence-electron chi connectivity index (χ3n) is 5.20. The number of methoxy groups -OCH3 is 1. The Hall–Kier alpha value is -2.89. The van der Waals surface area contributed by atoms with Crippen LogP contribution in [0.1, 0.15) is 28.8 Å². The molecule has 0 spiro atoms. The molecule has 0 N–H and O–H groups in total. The highest BCUT2D eigenvalue weighted by molar-refractivity contribution is 7.89. The van der Waals surface area contributed by atoms with Crippen LogP contribution in [0, 0.1) is 6.92 Å². The van der Waals surface area contributed by atoms with Gasteiger partial charge in [0.1, 0.15) is 5.75 Å². The standard InChI is InChI=1S/C24H23NO3S/c1-18-11-13-22(14-12-18)29(26,27)25-23(19-7-4-3-5-8-19)15-16-24(25)20-9-6-10-21(17-20)28-2/h3-17,23-24H,1-2H3/t23-,24+/m1/s1. The molecular formula is C24H23NO3S. The van der Waals surface area contributed by atoms with E-state index in [4.69, 9.17) is 4.74 Å². The van der Waals surface area contributed by atoms with Crippen molar-refractivity contribution >= 4 is 10.0 Å². The molecule has 29 heavy (non-hydrogen) atoms. The van der Waals surface area contributed by atoms with Crippen molar-refractivity contribution in [1.82, 2.24) is 4.31 Å². The van der Waals surface area contributed by atoms with E-state index in [1.54, 1.807) is 23.5 Å². The summed E-state index contributed by atoms with van der Waals surface area (Å²) < 4.78 is 34.4. The number of aryl methyl sites for hydroxylation is 1. The second-order valence-electron chi connectivity index (χ2n) is 7.11. The number of benzene rings is 3. The molecule has 1 heterocycles. The van der Waals surface area contributed by atoms with E-state index in [1.165, 1.54) is 0 Å². The van der Waals surface area contributed by atoms with Crippen molar-refractivity contribution in [1.29, 1.82) is 0 Å². The molecule has 4 nitrogen and oxygen atoms in total. The molecule has 3 aromatic carbocycles. The molecule has 0 bridgehead atoms. The predicted molar refractivity (Wildman–Crippen MR) is 114 cm³/mol. The second-order valence-corrected chi connectivity index (χ2v) is 8.95. The van der Waals surface area contributed by atoms with Gasteiger partial charge in [-0.3, -0.25) is 0 Å². The number of rotatable bonds is 5. The monoisotopic (exact) mass is 405 g/mol. The lowest BCUT2D eigenvalue weighted by Gasteiger charge is -2.30. The Morgan fingerprint density at radius 2 is 1.41 bits per heavy atom. The molecule has 1 aliphatic heterocycles. The summed E-state index contributed by atoms with van der Waals surface area (Å²) >= 11 is 0. The Labute approximate surface area is 172 Å². The van der Waals surface area contributed by atoms with Crippen molar-refractivity contribution in [2.24, 2.45) is 0 Å². The molecule has 0 saturated heterocycles. The molecule has 0 aromatic heterocycles. The maximum absolute atomic E-state index is 13.7. The van der Waals surface area contributed by atoms with Gasteiger partial charge in [-0.1, -0.05) is 72.3 Å². The maximum atomic E-state index is 13.7. The molecule has 4 rings (SSSR count). The summed E-state index contributed by atoms with van der Waals surface area (Å²) in [5, 5.41) is 0. The van der Waals surface area contributed by atoms with Crippen molar-refractivity contribution in [3.05, 3.63) is 108 Å². The Bertz CT molecular complexity index is 1120. The molecule has 0 amide bonds. The molecule has 5 heteroatoms. The first-order valence-electron chi connectivity index (χ1n) is 9.48. The third kappa shape index (κ3) is 3.71. The number of hydrogen-bond acceptors (Lipinski definition) is 3. The second kappa shape index (κ2) is 7.85. The quantitative estimate of drug-likeness (QED) is 0.558. The zero-order valence-electron chi connectivity index (χ0n) is 16.4. The largest absolute Gasteiger partial charge is 0.497 e. The molecule has 3 aromatic rings. The van der Waals surface area contributed by atoms with Crippen LogP contribution in [0.2, 0.25) is 0 Å². The number of hydrogen-bond donors (Lipinski definition) is 0. The van der Waals surface area contributed by atoms with Crippen molar-refractivity contribution in [2.45, 2.75) is 23.9 Å². The summed E-state index contributed by atoms with van der Waals surface area (Å²) in [6, 6.07) is 23.5. The summed E-state index contributed by atoms with van der Waals surface area (Å²) in [5.74, 6) is 0.701. The third-order valence-corrected chi connectivity index (χ3v) is 7.07.